The second-order valence-electron chi connectivity index (χ2n) is 1.91. The van der Waals surface area contributed by atoms with Crippen LogP contribution in [0.1, 0.15) is 0 Å². The highest BCUT2D eigenvalue weighted by molar-refractivity contribution is 4.59. The minimum Gasteiger partial charge on any atom is -0.388 e. The summed E-state index contributed by atoms with van der Waals surface area (Å²) in [6, 6.07) is 0. The van der Waals surface area contributed by atoms with Crippen LogP contribution in [0, 0.1) is 0 Å². The third-order valence-corrected chi connectivity index (χ3v) is 0.957. The van der Waals surface area contributed by atoms with Gasteiger partial charge in [-0.2, -0.15) is 0 Å². The zero-order valence-electron chi connectivity index (χ0n) is 6.24. The van der Waals surface area contributed by atoms with Crippen LogP contribution in [-0.4, -0.2) is 40.4 Å². The molecule has 0 unspecified atom stereocenters. The highest BCUT2D eigenvalue weighted by Crippen LogP contribution is 1.65. The number of methoxy groups -OCH3 is 1. The maximum Gasteiger partial charge on any atom is 0.0351 e. The van der Waals surface area contributed by atoms with Gasteiger partial charge in [-0.25, -0.2) is 0 Å². The summed E-state index contributed by atoms with van der Waals surface area (Å²) in [5, 5.41) is 6.44. The van der Waals surface area contributed by atoms with Gasteiger partial charge in [0.15, 0.2) is 0 Å². The van der Waals surface area contributed by atoms with E-state index in [1.165, 1.54) is 0 Å². The van der Waals surface area contributed by atoms with E-state index in [1.807, 2.05) is 0 Å². The lowest BCUT2D eigenvalue weighted by atomic mass is 10.4. The average Bonchev–Trinajstić information content (AvgIpc) is 1.93. The van der Waals surface area contributed by atoms with Crippen LogP contribution >= 0.6 is 0 Å². The fourth-order valence-corrected chi connectivity index (χ4v) is 0.604. The summed E-state index contributed by atoms with van der Waals surface area (Å²) < 4.78 is 4.25. The summed E-state index contributed by atoms with van der Waals surface area (Å²) in [4.78, 5) is 0. The van der Waals surface area contributed by atoms with Crippen LogP contribution in [0.15, 0.2) is 0 Å². The molecule has 1 fully saturated rings. The molecule has 1 saturated heterocycles. The first kappa shape index (κ1) is 8.88. The largest absolute Gasteiger partial charge is 0.388 e. The quantitative estimate of drug-likeness (QED) is 0.463. The Morgan fingerprint density at radius 2 is 1.11 bits per heavy atom. The average molecular weight is 132 g/mol. The number of piperazine rings is 1. The summed E-state index contributed by atoms with van der Waals surface area (Å²) in [7, 11) is 3.25. The molecule has 0 radical (unpaired) electrons. The zero-order valence-corrected chi connectivity index (χ0v) is 6.24. The molecule has 0 aromatic heterocycles. The summed E-state index contributed by atoms with van der Waals surface area (Å²) in [5.41, 5.74) is 0. The number of hydrogen-bond donors (Lipinski definition) is 2. The minimum atomic E-state index is 1.14. The van der Waals surface area contributed by atoms with Crippen molar-refractivity contribution in [2.45, 2.75) is 0 Å². The van der Waals surface area contributed by atoms with Gasteiger partial charge in [0, 0.05) is 40.4 Å². The van der Waals surface area contributed by atoms with Crippen molar-refractivity contribution in [1.82, 2.24) is 10.6 Å². The van der Waals surface area contributed by atoms with Gasteiger partial charge in [0.05, 0.1) is 0 Å². The first-order chi connectivity index (χ1) is 4.41. The maximum atomic E-state index is 4.25. The molecule has 3 nitrogen and oxygen atoms in total. The minimum absolute atomic E-state index is 1.14. The van der Waals surface area contributed by atoms with E-state index in [9.17, 15) is 0 Å². The molecule has 0 aromatic rings. The van der Waals surface area contributed by atoms with Gasteiger partial charge in [0.25, 0.3) is 0 Å². The molecule has 0 aromatic carbocycles. The number of ether oxygens (including phenoxy) is 1. The summed E-state index contributed by atoms with van der Waals surface area (Å²) in [6.45, 7) is 4.56. The summed E-state index contributed by atoms with van der Waals surface area (Å²) in [5.74, 6) is 0. The van der Waals surface area contributed by atoms with Crippen molar-refractivity contribution in [2.75, 3.05) is 40.4 Å². The normalized spacial score (nSPS) is 18.0. The van der Waals surface area contributed by atoms with Crippen LogP contribution in [0.3, 0.4) is 0 Å². The van der Waals surface area contributed by atoms with Crippen LogP contribution in [0.5, 0.6) is 0 Å². The molecule has 1 heterocycles. The lowest BCUT2D eigenvalue weighted by molar-refractivity contribution is 0.277. The zero-order chi connectivity index (χ0) is 6.95. The molecule has 0 amide bonds. The SMILES string of the molecule is C1CNCCN1.COC. The van der Waals surface area contributed by atoms with Crippen molar-refractivity contribution in [3.05, 3.63) is 0 Å². The van der Waals surface area contributed by atoms with E-state index in [-0.39, 0.29) is 0 Å². The van der Waals surface area contributed by atoms with Crippen LogP contribution in [0.4, 0.5) is 0 Å². The first-order valence-electron chi connectivity index (χ1n) is 3.23. The third kappa shape index (κ3) is 7.88. The van der Waals surface area contributed by atoms with Crippen molar-refractivity contribution in [3.8, 4) is 0 Å². The van der Waals surface area contributed by atoms with E-state index in [2.05, 4.69) is 15.4 Å². The van der Waals surface area contributed by atoms with E-state index in [1.54, 1.807) is 14.2 Å². The number of hydrogen-bond acceptors (Lipinski definition) is 3. The van der Waals surface area contributed by atoms with Crippen LogP contribution < -0.4 is 10.6 Å². The molecule has 0 saturated carbocycles. The number of nitrogens with one attached hydrogen (secondary N) is 2. The van der Waals surface area contributed by atoms with Gasteiger partial charge in [-0.1, -0.05) is 0 Å². The van der Waals surface area contributed by atoms with Gasteiger partial charge < -0.3 is 15.4 Å². The molecule has 0 bridgehead atoms. The fourth-order valence-electron chi connectivity index (χ4n) is 0.604. The molecule has 0 spiro atoms. The predicted molar refractivity (Wildman–Crippen MR) is 38.7 cm³/mol. The number of rotatable bonds is 0. The first-order valence-corrected chi connectivity index (χ1v) is 3.23. The highest BCUT2D eigenvalue weighted by Gasteiger charge is 1.91. The van der Waals surface area contributed by atoms with Gasteiger partial charge in [0.2, 0.25) is 0 Å². The Morgan fingerprint density at radius 3 is 1.22 bits per heavy atom. The molecule has 9 heavy (non-hydrogen) atoms. The van der Waals surface area contributed by atoms with Gasteiger partial charge in [-0.15, -0.1) is 0 Å². The summed E-state index contributed by atoms with van der Waals surface area (Å²) >= 11 is 0. The predicted octanol–water partition coefficient (Wildman–Crippen LogP) is -0.558. The lowest BCUT2D eigenvalue weighted by Gasteiger charge is -2.11. The Balaban J connectivity index is 0.000000187. The Hall–Kier alpha value is -0.120. The second-order valence-corrected chi connectivity index (χ2v) is 1.91. The molecule has 1 rings (SSSR count). The summed E-state index contributed by atoms with van der Waals surface area (Å²) in [6.07, 6.45) is 0. The van der Waals surface area contributed by atoms with Gasteiger partial charge in [-0.3, -0.25) is 0 Å². The van der Waals surface area contributed by atoms with Crippen molar-refractivity contribution in [1.29, 1.82) is 0 Å². The van der Waals surface area contributed by atoms with Gasteiger partial charge >= 0.3 is 0 Å². The van der Waals surface area contributed by atoms with E-state index in [4.69, 9.17) is 0 Å². The molecule has 1 aliphatic heterocycles. The Kier molecular flexibility index (Phi) is 7.77. The van der Waals surface area contributed by atoms with Crippen LogP contribution in [0.25, 0.3) is 0 Å². The Morgan fingerprint density at radius 1 is 0.889 bits per heavy atom. The molecule has 56 valence electrons. The molecular formula is C6H16N2O. The third-order valence-electron chi connectivity index (χ3n) is 0.957. The molecule has 2 N–H and O–H groups in total. The molecule has 3 heteroatoms. The molecular weight excluding hydrogens is 116 g/mol. The molecule has 1 aliphatic rings. The van der Waals surface area contributed by atoms with Crippen LogP contribution in [-0.2, 0) is 4.74 Å². The Labute approximate surface area is 56.8 Å². The monoisotopic (exact) mass is 132 g/mol. The molecule has 0 aliphatic carbocycles. The maximum absolute atomic E-state index is 4.25. The smallest absolute Gasteiger partial charge is 0.0351 e. The van der Waals surface area contributed by atoms with E-state index in [0.717, 1.165) is 26.2 Å². The van der Waals surface area contributed by atoms with E-state index >= 15 is 0 Å². The van der Waals surface area contributed by atoms with Crippen molar-refractivity contribution in [3.63, 3.8) is 0 Å². The van der Waals surface area contributed by atoms with Gasteiger partial charge in [0.1, 0.15) is 0 Å². The molecule has 0 atom stereocenters. The fraction of sp³-hybridized carbons (Fsp3) is 1.00. The van der Waals surface area contributed by atoms with E-state index < -0.39 is 0 Å². The standard InChI is InChI=1S/C4H10N2.C2H6O/c1-2-6-4-3-5-1;1-3-2/h5-6H,1-4H2;1-2H3. The van der Waals surface area contributed by atoms with Gasteiger partial charge in [-0.05, 0) is 0 Å². The van der Waals surface area contributed by atoms with Crippen molar-refractivity contribution >= 4 is 0 Å². The van der Waals surface area contributed by atoms with Crippen molar-refractivity contribution < 1.29 is 4.74 Å². The van der Waals surface area contributed by atoms with E-state index in [0.29, 0.717) is 0 Å². The van der Waals surface area contributed by atoms with Crippen LogP contribution in [0.2, 0.25) is 0 Å². The topological polar surface area (TPSA) is 33.3 Å². The highest BCUT2D eigenvalue weighted by atomic mass is 16.4. The second kappa shape index (κ2) is 7.88. The van der Waals surface area contributed by atoms with Crippen molar-refractivity contribution in [2.24, 2.45) is 0 Å². The lowest BCUT2D eigenvalue weighted by Crippen LogP contribution is -2.39. The Bertz CT molecular complexity index is 34.8.